The van der Waals surface area contributed by atoms with Gasteiger partial charge in [-0.15, -0.1) is 0 Å². The quantitative estimate of drug-likeness (QED) is 0.703. The van der Waals surface area contributed by atoms with Gasteiger partial charge in [-0.25, -0.2) is 4.39 Å². The van der Waals surface area contributed by atoms with Crippen molar-refractivity contribution >= 4 is 16.5 Å². The van der Waals surface area contributed by atoms with Crippen molar-refractivity contribution in [1.82, 2.24) is 4.98 Å². The molecule has 3 aromatic rings. The van der Waals surface area contributed by atoms with Crippen LogP contribution in [0.4, 0.5) is 10.1 Å². The van der Waals surface area contributed by atoms with E-state index in [1.54, 1.807) is 24.4 Å². The van der Waals surface area contributed by atoms with Crippen molar-refractivity contribution in [2.24, 2.45) is 0 Å². The van der Waals surface area contributed by atoms with E-state index in [0.717, 1.165) is 16.6 Å². The highest BCUT2D eigenvalue weighted by Gasteiger charge is 2.07. The molecule has 88 valence electrons. The summed E-state index contributed by atoms with van der Waals surface area (Å²) < 4.78 is 13.7. The number of benzene rings is 2. The number of nitrogen functional groups attached to an aromatic ring is 1. The molecule has 0 radical (unpaired) electrons. The van der Waals surface area contributed by atoms with E-state index in [1.165, 1.54) is 6.07 Å². The van der Waals surface area contributed by atoms with Crippen molar-refractivity contribution in [3.63, 3.8) is 0 Å². The number of aromatic nitrogens is 1. The first-order valence-corrected chi connectivity index (χ1v) is 5.65. The fourth-order valence-electron chi connectivity index (χ4n) is 2.05. The molecule has 0 fully saturated rings. The van der Waals surface area contributed by atoms with Crippen LogP contribution in [0.15, 0.2) is 54.7 Å². The maximum absolute atomic E-state index is 13.7. The third-order valence-electron chi connectivity index (χ3n) is 2.93. The number of pyridine rings is 1. The molecule has 2 N–H and O–H groups in total. The second kappa shape index (κ2) is 4.11. The molecule has 0 saturated carbocycles. The van der Waals surface area contributed by atoms with Gasteiger partial charge in [-0.3, -0.25) is 4.98 Å². The second-order valence-electron chi connectivity index (χ2n) is 4.12. The first-order chi connectivity index (χ1) is 8.75. The number of hydrogen-bond acceptors (Lipinski definition) is 2. The molecule has 0 aliphatic heterocycles. The molecule has 3 heteroatoms. The number of nitrogens with zero attached hydrogens (tertiary/aromatic N) is 1. The highest BCUT2D eigenvalue weighted by Crippen LogP contribution is 2.29. The van der Waals surface area contributed by atoms with Crippen molar-refractivity contribution in [2.45, 2.75) is 0 Å². The summed E-state index contributed by atoms with van der Waals surface area (Å²) in [6, 6.07) is 14.2. The molecule has 1 heterocycles. The molecule has 0 saturated heterocycles. The van der Waals surface area contributed by atoms with Gasteiger partial charge >= 0.3 is 0 Å². The van der Waals surface area contributed by atoms with Crippen LogP contribution in [0.3, 0.4) is 0 Å². The summed E-state index contributed by atoms with van der Waals surface area (Å²) in [7, 11) is 0. The van der Waals surface area contributed by atoms with Crippen LogP contribution < -0.4 is 5.73 Å². The highest BCUT2D eigenvalue weighted by atomic mass is 19.1. The van der Waals surface area contributed by atoms with Crippen molar-refractivity contribution in [3.8, 4) is 11.3 Å². The zero-order chi connectivity index (χ0) is 12.5. The van der Waals surface area contributed by atoms with E-state index in [-0.39, 0.29) is 5.82 Å². The Balaban J connectivity index is 2.30. The summed E-state index contributed by atoms with van der Waals surface area (Å²) in [5.41, 5.74) is 7.94. The predicted octanol–water partition coefficient (Wildman–Crippen LogP) is 3.62. The van der Waals surface area contributed by atoms with Gasteiger partial charge in [0.25, 0.3) is 0 Å². The standard InChI is InChI=1S/C15H11FN2/c16-14-7-6-13(11-3-1-2-4-12(11)14)15-8-5-10(17)9-18-15/h1-9H,17H2. The van der Waals surface area contributed by atoms with Gasteiger partial charge in [-0.1, -0.05) is 24.3 Å². The number of rotatable bonds is 1. The summed E-state index contributed by atoms with van der Waals surface area (Å²) in [4.78, 5) is 4.28. The molecule has 1 aromatic heterocycles. The number of anilines is 1. The Morgan fingerprint density at radius 2 is 1.67 bits per heavy atom. The van der Waals surface area contributed by atoms with E-state index in [1.807, 2.05) is 24.3 Å². The average Bonchev–Trinajstić information content (AvgIpc) is 2.41. The van der Waals surface area contributed by atoms with Crippen molar-refractivity contribution in [1.29, 1.82) is 0 Å². The first kappa shape index (κ1) is 10.7. The molecule has 0 aliphatic carbocycles. The number of fused-ring (bicyclic) bond motifs is 1. The molecule has 0 aliphatic rings. The normalized spacial score (nSPS) is 10.7. The molecular formula is C15H11FN2. The zero-order valence-electron chi connectivity index (χ0n) is 9.60. The maximum atomic E-state index is 13.7. The van der Waals surface area contributed by atoms with Gasteiger partial charge in [0.05, 0.1) is 17.6 Å². The van der Waals surface area contributed by atoms with Gasteiger partial charge in [-0.05, 0) is 29.7 Å². The van der Waals surface area contributed by atoms with Gasteiger partial charge in [0, 0.05) is 10.9 Å². The molecule has 0 amide bonds. The summed E-state index contributed by atoms with van der Waals surface area (Å²) in [5, 5.41) is 1.46. The smallest absolute Gasteiger partial charge is 0.131 e. The lowest BCUT2D eigenvalue weighted by Gasteiger charge is -2.07. The third-order valence-corrected chi connectivity index (χ3v) is 2.93. The topological polar surface area (TPSA) is 38.9 Å². The van der Waals surface area contributed by atoms with E-state index in [9.17, 15) is 4.39 Å². The Kier molecular flexibility index (Phi) is 2.45. The lowest BCUT2D eigenvalue weighted by molar-refractivity contribution is 0.640. The molecule has 0 spiro atoms. The van der Waals surface area contributed by atoms with E-state index < -0.39 is 0 Å². The number of halogens is 1. The Hall–Kier alpha value is -2.42. The van der Waals surface area contributed by atoms with Crippen LogP contribution >= 0.6 is 0 Å². The Bertz CT molecular complexity index is 705. The van der Waals surface area contributed by atoms with E-state index >= 15 is 0 Å². The second-order valence-corrected chi connectivity index (χ2v) is 4.12. The SMILES string of the molecule is Nc1ccc(-c2ccc(F)c3ccccc23)nc1. The van der Waals surface area contributed by atoms with Crippen LogP contribution in [0, 0.1) is 5.82 Å². The largest absolute Gasteiger partial charge is 0.397 e. The minimum atomic E-state index is -0.218. The minimum Gasteiger partial charge on any atom is -0.397 e. The maximum Gasteiger partial charge on any atom is 0.131 e. The summed E-state index contributed by atoms with van der Waals surface area (Å²) >= 11 is 0. The molecule has 18 heavy (non-hydrogen) atoms. The number of hydrogen-bond donors (Lipinski definition) is 1. The van der Waals surface area contributed by atoms with Gasteiger partial charge in [-0.2, -0.15) is 0 Å². The monoisotopic (exact) mass is 238 g/mol. The zero-order valence-corrected chi connectivity index (χ0v) is 9.60. The molecular weight excluding hydrogens is 227 g/mol. The fraction of sp³-hybridized carbons (Fsp3) is 0. The lowest BCUT2D eigenvalue weighted by atomic mass is 10.0. The van der Waals surface area contributed by atoms with Crippen LogP contribution in [-0.2, 0) is 0 Å². The van der Waals surface area contributed by atoms with Crippen molar-refractivity contribution in [3.05, 3.63) is 60.5 Å². The van der Waals surface area contributed by atoms with Crippen LogP contribution in [-0.4, -0.2) is 4.98 Å². The van der Waals surface area contributed by atoms with Crippen LogP contribution in [0.1, 0.15) is 0 Å². The molecule has 0 bridgehead atoms. The van der Waals surface area contributed by atoms with E-state index in [0.29, 0.717) is 11.1 Å². The molecule has 0 unspecified atom stereocenters. The summed E-state index contributed by atoms with van der Waals surface area (Å²) in [6.07, 6.45) is 1.60. The number of nitrogens with two attached hydrogens (primary N) is 1. The molecule has 2 aromatic carbocycles. The first-order valence-electron chi connectivity index (χ1n) is 5.65. The van der Waals surface area contributed by atoms with Crippen molar-refractivity contribution < 1.29 is 4.39 Å². The van der Waals surface area contributed by atoms with Gasteiger partial charge in [0.15, 0.2) is 0 Å². The lowest BCUT2D eigenvalue weighted by Crippen LogP contribution is -1.90. The Morgan fingerprint density at radius 1 is 0.889 bits per heavy atom. The van der Waals surface area contributed by atoms with Crippen molar-refractivity contribution in [2.75, 3.05) is 5.73 Å². The van der Waals surface area contributed by atoms with Crippen LogP contribution in [0.5, 0.6) is 0 Å². The molecule has 0 atom stereocenters. The van der Waals surface area contributed by atoms with E-state index in [4.69, 9.17) is 5.73 Å². The predicted molar refractivity (Wildman–Crippen MR) is 71.5 cm³/mol. The Morgan fingerprint density at radius 3 is 2.39 bits per heavy atom. The minimum absolute atomic E-state index is 0.218. The van der Waals surface area contributed by atoms with Gasteiger partial charge in [0.2, 0.25) is 0 Å². The highest BCUT2D eigenvalue weighted by molar-refractivity contribution is 5.96. The average molecular weight is 238 g/mol. The van der Waals surface area contributed by atoms with E-state index in [2.05, 4.69) is 4.98 Å². The molecule has 2 nitrogen and oxygen atoms in total. The van der Waals surface area contributed by atoms with Gasteiger partial charge in [0.1, 0.15) is 5.82 Å². The van der Waals surface area contributed by atoms with Crippen LogP contribution in [0.25, 0.3) is 22.0 Å². The molecule has 3 rings (SSSR count). The van der Waals surface area contributed by atoms with Gasteiger partial charge < -0.3 is 5.73 Å². The summed E-state index contributed by atoms with van der Waals surface area (Å²) in [6.45, 7) is 0. The third kappa shape index (κ3) is 1.70. The van der Waals surface area contributed by atoms with Crippen LogP contribution in [0.2, 0.25) is 0 Å². The summed E-state index contributed by atoms with van der Waals surface area (Å²) in [5.74, 6) is -0.218. The Labute approximate surface area is 104 Å². The fourth-order valence-corrected chi connectivity index (χ4v) is 2.05.